The van der Waals surface area contributed by atoms with Crippen LogP contribution >= 0.6 is 27.9 Å². The van der Waals surface area contributed by atoms with E-state index in [1.807, 2.05) is 13.0 Å². The molecule has 0 aliphatic heterocycles. The van der Waals surface area contributed by atoms with Crippen LogP contribution in [0.1, 0.15) is 60.9 Å². The summed E-state index contributed by atoms with van der Waals surface area (Å²) in [5.74, 6) is 1.03. The van der Waals surface area contributed by atoms with Crippen LogP contribution in [0.2, 0.25) is 0 Å². The Morgan fingerprint density at radius 1 is 1.08 bits per heavy atom. The number of carbonyl (C=O) groups excluding carboxylic acids is 1. The molecule has 2 aromatic carbocycles. The van der Waals surface area contributed by atoms with Crippen molar-refractivity contribution in [2.75, 3.05) is 10.6 Å². The molecule has 10 heteroatoms. The van der Waals surface area contributed by atoms with Gasteiger partial charge < -0.3 is 16.4 Å². The molecule has 200 valence electrons. The first-order valence-corrected chi connectivity index (χ1v) is 14.7. The maximum atomic E-state index is 14.2. The van der Waals surface area contributed by atoms with Crippen LogP contribution in [-0.2, 0) is 0 Å². The number of halogens is 2. The molecule has 0 saturated heterocycles. The number of aryl methyl sites for hydroxylation is 1. The molecule has 2 unspecified atom stereocenters. The summed E-state index contributed by atoms with van der Waals surface area (Å²) in [5.41, 5.74) is 7.32. The van der Waals surface area contributed by atoms with Crippen molar-refractivity contribution >= 4 is 56.9 Å². The van der Waals surface area contributed by atoms with Crippen molar-refractivity contribution < 1.29 is 9.18 Å². The summed E-state index contributed by atoms with van der Waals surface area (Å²) in [4.78, 5) is 21.8. The zero-order valence-electron chi connectivity index (χ0n) is 21.3. The summed E-state index contributed by atoms with van der Waals surface area (Å²) in [6, 6.07) is 11.1. The quantitative estimate of drug-likeness (QED) is 0.192. The van der Waals surface area contributed by atoms with Gasteiger partial charge in [-0.3, -0.25) is 9.52 Å². The van der Waals surface area contributed by atoms with Crippen LogP contribution in [0.15, 0.2) is 52.0 Å². The van der Waals surface area contributed by atoms with Gasteiger partial charge >= 0.3 is 0 Å². The minimum absolute atomic E-state index is 0.225. The van der Waals surface area contributed by atoms with Gasteiger partial charge in [0.15, 0.2) is 0 Å². The van der Waals surface area contributed by atoms with Gasteiger partial charge in [0.1, 0.15) is 11.6 Å². The van der Waals surface area contributed by atoms with Crippen LogP contribution in [0.25, 0.3) is 0 Å². The molecule has 2 fully saturated rings. The number of hydrogen-bond acceptors (Lipinski definition) is 7. The number of primary amides is 1. The first-order chi connectivity index (χ1) is 18.4. The summed E-state index contributed by atoms with van der Waals surface area (Å²) < 4.78 is 18.4. The van der Waals surface area contributed by atoms with E-state index in [0.717, 1.165) is 23.1 Å². The zero-order chi connectivity index (χ0) is 26.6. The van der Waals surface area contributed by atoms with Gasteiger partial charge in [-0.1, -0.05) is 31.7 Å². The molecule has 38 heavy (non-hydrogen) atoms. The molecule has 0 spiro atoms. The lowest BCUT2D eigenvalue weighted by molar-refractivity contribution is 0.0997. The topological polar surface area (TPSA) is 105 Å². The number of hydrogen-bond donors (Lipinski definition) is 4. The van der Waals surface area contributed by atoms with E-state index in [1.54, 1.807) is 24.2 Å². The van der Waals surface area contributed by atoms with Gasteiger partial charge in [-0.05, 0) is 102 Å². The molecule has 2 atom stereocenters. The lowest BCUT2D eigenvalue weighted by Crippen LogP contribution is -2.20. The van der Waals surface area contributed by atoms with E-state index in [1.165, 1.54) is 62.0 Å². The number of anilines is 4. The number of aromatic nitrogens is 2. The van der Waals surface area contributed by atoms with Gasteiger partial charge in [0.05, 0.1) is 15.7 Å². The minimum Gasteiger partial charge on any atom is -0.365 e. The van der Waals surface area contributed by atoms with Crippen molar-refractivity contribution in [3.8, 4) is 0 Å². The number of amides is 1. The molecule has 5 rings (SSSR count). The third-order valence-electron chi connectivity index (χ3n) is 7.58. The van der Waals surface area contributed by atoms with E-state index in [2.05, 4.69) is 53.4 Å². The third kappa shape index (κ3) is 6.30. The predicted octanol–water partition coefficient (Wildman–Crippen LogP) is 7.23. The fourth-order valence-electron chi connectivity index (χ4n) is 5.61. The zero-order valence-corrected chi connectivity index (χ0v) is 23.7. The normalized spacial score (nSPS) is 19.6. The molecule has 3 aromatic rings. The Morgan fingerprint density at radius 2 is 1.89 bits per heavy atom. The Morgan fingerprint density at radius 3 is 2.66 bits per heavy atom. The van der Waals surface area contributed by atoms with Gasteiger partial charge in [-0.25, -0.2) is 9.37 Å². The highest BCUT2D eigenvalue weighted by Crippen LogP contribution is 2.41. The molecule has 1 heterocycles. The van der Waals surface area contributed by atoms with Gasteiger partial charge in [0.2, 0.25) is 5.95 Å². The molecular formula is C28H32BrFN6OS. The van der Waals surface area contributed by atoms with Crippen LogP contribution in [-0.4, -0.2) is 21.9 Å². The summed E-state index contributed by atoms with van der Waals surface area (Å²) in [6.07, 6.45) is 11.2. The predicted molar refractivity (Wildman–Crippen MR) is 154 cm³/mol. The third-order valence-corrected chi connectivity index (χ3v) is 9.11. The van der Waals surface area contributed by atoms with Gasteiger partial charge in [0.25, 0.3) is 5.91 Å². The molecule has 5 N–H and O–H groups in total. The number of nitrogens with zero attached hydrogens (tertiary/aromatic N) is 2. The van der Waals surface area contributed by atoms with Crippen molar-refractivity contribution in [1.29, 1.82) is 0 Å². The fraction of sp³-hybridized carbons (Fsp3) is 0.393. The fourth-order valence-corrected chi connectivity index (χ4v) is 6.79. The maximum absolute atomic E-state index is 14.2. The second-order valence-corrected chi connectivity index (χ2v) is 11.9. The second kappa shape index (κ2) is 12.0. The number of nitrogens with two attached hydrogens (primary N) is 1. The molecule has 2 saturated carbocycles. The highest BCUT2D eigenvalue weighted by molar-refractivity contribution is 9.10. The van der Waals surface area contributed by atoms with Crippen molar-refractivity contribution in [2.24, 2.45) is 17.6 Å². The van der Waals surface area contributed by atoms with Crippen molar-refractivity contribution in [1.82, 2.24) is 14.7 Å². The molecule has 2 aliphatic rings. The average Bonchev–Trinajstić information content (AvgIpc) is 3.58. The molecule has 1 amide bonds. The second-order valence-electron chi connectivity index (χ2n) is 10.2. The SMILES string of the molecule is Cc1cc(SNC2CCC(C3CCCC3)C2)ccc1Nc1ncc(Br)c(Nc2cccc(F)c2C(N)=O)n1. The van der Waals surface area contributed by atoms with E-state index in [4.69, 9.17) is 5.73 Å². The van der Waals surface area contributed by atoms with Crippen LogP contribution in [0.5, 0.6) is 0 Å². The first kappa shape index (κ1) is 26.9. The Balaban J connectivity index is 1.22. The largest absolute Gasteiger partial charge is 0.365 e. The summed E-state index contributed by atoms with van der Waals surface area (Å²) in [5, 5.41) is 6.24. The monoisotopic (exact) mass is 598 g/mol. The first-order valence-electron chi connectivity index (χ1n) is 13.1. The maximum Gasteiger partial charge on any atom is 0.253 e. The van der Waals surface area contributed by atoms with E-state index < -0.39 is 11.7 Å². The number of nitrogens with one attached hydrogen (secondary N) is 3. The summed E-state index contributed by atoms with van der Waals surface area (Å²) in [6.45, 7) is 2.04. The highest BCUT2D eigenvalue weighted by Gasteiger charge is 2.32. The van der Waals surface area contributed by atoms with E-state index in [9.17, 15) is 9.18 Å². The van der Waals surface area contributed by atoms with Crippen molar-refractivity contribution in [3.05, 3.63) is 64.0 Å². The van der Waals surface area contributed by atoms with Crippen molar-refractivity contribution in [3.63, 3.8) is 0 Å². The summed E-state index contributed by atoms with van der Waals surface area (Å²) >= 11 is 5.12. The average molecular weight is 600 g/mol. The highest BCUT2D eigenvalue weighted by atomic mass is 79.9. The minimum atomic E-state index is -0.862. The van der Waals surface area contributed by atoms with E-state index in [-0.39, 0.29) is 11.3 Å². The molecule has 2 aliphatic carbocycles. The Labute approximate surface area is 235 Å². The van der Waals surface area contributed by atoms with E-state index >= 15 is 0 Å². The smallest absolute Gasteiger partial charge is 0.253 e. The molecular weight excluding hydrogens is 567 g/mol. The lowest BCUT2D eigenvalue weighted by Gasteiger charge is -2.18. The van der Waals surface area contributed by atoms with Crippen molar-refractivity contribution in [2.45, 2.75) is 62.8 Å². The molecule has 1 aromatic heterocycles. The summed E-state index contributed by atoms with van der Waals surface area (Å²) in [7, 11) is 0. The Kier molecular flexibility index (Phi) is 8.50. The molecule has 0 radical (unpaired) electrons. The van der Waals surface area contributed by atoms with E-state index in [0.29, 0.717) is 22.3 Å². The standard InChI is InChI=1S/C28H32BrFN6OS/c1-16-13-20(38-36-19-10-9-18(14-19)17-5-2-3-6-17)11-12-23(16)34-28-32-15-21(29)27(35-28)33-24-8-4-7-22(30)25(24)26(31)37/h4,7-8,11-13,15,17-19,36H,2-3,5-6,9-10,14H2,1H3,(H2,31,37)(H2,32,33,34,35). The molecule has 0 bridgehead atoms. The van der Waals surface area contributed by atoms with Gasteiger partial charge in [-0.15, -0.1) is 0 Å². The molecule has 7 nitrogen and oxygen atoms in total. The van der Waals surface area contributed by atoms with Gasteiger partial charge in [0, 0.05) is 22.8 Å². The lowest BCUT2D eigenvalue weighted by atomic mass is 9.89. The number of rotatable bonds is 9. The van der Waals surface area contributed by atoms with Gasteiger partial charge in [-0.2, -0.15) is 4.98 Å². The van der Waals surface area contributed by atoms with Crippen LogP contribution in [0, 0.1) is 24.6 Å². The van der Waals surface area contributed by atoms with Crippen LogP contribution in [0.4, 0.5) is 27.5 Å². The Hall–Kier alpha value is -2.69. The van der Waals surface area contributed by atoms with Crippen LogP contribution < -0.4 is 21.1 Å². The number of benzene rings is 2. The Bertz CT molecular complexity index is 1320. The number of carbonyl (C=O) groups is 1. The van der Waals surface area contributed by atoms with Crippen LogP contribution in [0.3, 0.4) is 0 Å².